The maximum absolute atomic E-state index is 2.57. The van der Waals surface area contributed by atoms with E-state index in [4.69, 9.17) is 0 Å². The van der Waals surface area contributed by atoms with Gasteiger partial charge in [-0.3, -0.25) is 0 Å². The second-order valence-corrected chi connectivity index (χ2v) is 11.6. The maximum atomic E-state index is 2.57. The molecule has 2 unspecified atom stereocenters. The molecule has 0 saturated carbocycles. The highest BCUT2D eigenvalue weighted by Gasteiger charge is 2.42. The third-order valence-electron chi connectivity index (χ3n) is 7.05. The van der Waals surface area contributed by atoms with Gasteiger partial charge >= 0.3 is 0 Å². The highest BCUT2D eigenvalue weighted by Crippen LogP contribution is 2.58. The average Bonchev–Trinajstić information content (AvgIpc) is 3.21. The van der Waals surface area contributed by atoms with Crippen molar-refractivity contribution >= 4 is 11.1 Å². The van der Waals surface area contributed by atoms with Crippen LogP contribution in [0, 0.1) is 16.2 Å². The van der Waals surface area contributed by atoms with E-state index in [9.17, 15) is 0 Å². The summed E-state index contributed by atoms with van der Waals surface area (Å²) in [6.45, 7) is 19.0. The first-order chi connectivity index (χ1) is 13.4. The molecule has 0 spiro atoms. The Kier molecular flexibility index (Phi) is 4.50. The van der Waals surface area contributed by atoms with Crippen LogP contribution >= 0.6 is 0 Å². The van der Waals surface area contributed by atoms with E-state index >= 15 is 0 Å². The predicted molar refractivity (Wildman–Crippen MR) is 127 cm³/mol. The van der Waals surface area contributed by atoms with Gasteiger partial charge in [0, 0.05) is 17.3 Å². The minimum atomic E-state index is -0.0355. The molecular formula is C29H36. The summed E-state index contributed by atoms with van der Waals surface area (Å²) in [6.07, 6.45) is 5.14. The Morgan fingerprint density at radius 3 is 1.21 bits per heavy atom. The molecule has 2 aliphatic rings. The summed E-state index contributed by atoms with van der Waals surface area (Å²) in [6, 6.07) is 18.1. The van der Waals surface area contributed by atoms with Crippen LogP contribution in [-0.2, 0) is 0 Å². The lowest BCUT2D eigenvalue weighted by Gasteiger charge is -2.30. The smallest absolute Gasteiger partial charge is 0.0152 e. The SMILES string of the molecule is CC(C)(C1=CC(C(C)(C)C)c2ccccc21)C1=CC(C(C)(C)C)c2ccccc21. The van der Waals surface area contributed by atoms with Crippen LogP contribution in [0.1, 0.15) is 89.5 Å². The van der Waals surface area contributed by atoms with Crippen molar-refractivity contribution in [3.8, 4) is 0 Å². The van der Waals surface area contributed by atoms with Crippen LogP contribution in [0.2, 0.25) is 0 Å². The minimum Gasteiger partial charge on any atom is -0.0717 e. The molecule has 2 aliphatic carbocycles. The van der Waals surface area contributed by atoms with Gasteiger partial charge in [0.25, 0.3) is 0 Å². The van der Waals surface area contributed by atoms with Crippen molar-refractivity contribution in [1.29, 1.82) is 0 Å². The molecule has 2 atom stereocenters. The molecule has 2 aromatic carbocycles. The summed E-state index contributed by atoms with van der Waals surface area (Å²) in [5.41, 5.74) is 9.22. The molecule has 0 bridgehead atoms. The number of hydrogen-bond acceptors (Lipinski definition) is 0. The van der Waals surface area contributed by atoms with Gasteiger partial charge in [-0.05, 0) is 44.2 Å². The van der Waals surface area contributed by atoms with E-state index in [0.29, 0.717) is 11.8 Å². The second-order valence-electron chi connectivity index (χ2n) is 11.6. The molecule has 0 aromatic heterocycles. The standard InChI is InChI=1S/C29H36/c1-27(2,3)23-17-25(21-15-11-9-13-19(21)23)29(7,8)26-18-24(28(4,5)6)20-14-10-12-16-22(20)26/h9-18,23-24H,1-8H3. The highest BCUT2D eigenvalue weighted by atomic mass is 14.5. The molecule has 0 N–H and O–H groups in total. The summed E-state index contributed by atoms with van der Waals surface area (Å²) >= 11 is 0. The first kappa shape index (κ1) is 20.2. The number of allylic oxidation sites excluding steroid dienone is 4. The topological polar surface area (TPSA) is 0 Å². The highest BCUT2D eigenvalue weighted by molar-refractivity contribution is 5.92. The maximum Gasteiger partial charge on any atom is 0.0152 e. The normalized spacial score (nSPS) is 21.5. The largest absolute Gasteiger partial charge is 0.0717 e. The van der Waals surface area contributed by atoms with Gasteiger partial charge in [0.05, 0.1) is 0 Å². The lowest BCUT2D eigenvalue weighted by atomic mass is 9.73. The van der Waals surface area contributed by atoms with Gasteiger partial charge in [0.15, 0.2) is 0 Å². The van der Waals surface area contributed by atoms with E-state index in [1.165, 1.54) is 33.4 Å². The lowest BCUT2D eigenvalue weighted by Crippen LogP contribution is -2.16. The molecule has 152 valence electrons. The van der Waals surface area contributed by atoms with Crippen molar-refractivity contribution in [3.63, 3.8) is 0 Å². The number of rotatable bonds is 2. The Balaban J connectivity index is 1.88. The van der Waals surface area contributed by atoms with Crippen LogP contribution in [0.15, 0.2) is 60.7 Å². The van der Waals surface area contributed by atoms with E-state index in [1.54, 1.807) is 0 Å². The summed E-state index contributed by atoms with van der Waals surface area (Å²) < 4.78 is 0. The first-order valence-corrected chi connectivity index (χ1v) is 11.1. The lowest BCUT2D eigenvalue weighted by molar-refractivity contribution is 0.369. The molecule has 0 aliphatic heterocycles. The second kappa shape index (κ2) is 6.46. The molecule has 0 radical (unpaired) electrons. The Bertz CT molecular complexity index is 917. The summed E-state index contributed by atoms with van der Waals surface area (Å²) in [4.78, 5) is 0. The van der Waals surface area contributed by atoms with Gasteiger partial charge in [-0.15, -0.1) is 0 Å². The first-order valence-electron chi connectivity index (χ1n) is 11.1. The molecular weight excluding hydrogens is 348 g/mol. The van der Waals surface area contributed by atoms with E-state index in [1.807, 2.05) is 0 Å². The quantitative estimate of drug-likeness (QED) is 0.487. The third-order valence-corrected chi connectivity index (χ3v) is 7.05. The fourth-order valence-corrected chi connectivity index (χ4v) is 5.39. The van der Waals surface area contributed by atoms with Crippen molar-refractivity contribution < 1.29 is 0 Å². The molecule has 0 heterocycles. The summed E-state index contributed by atoms with van der Waals surface area (Å²) in [7, 11) is 0. The van der Waals surface area contributed by atoms with E-state index in [2.05, 4.69) is 116 Å². The predicted octanol–water partition coefficient (Wildman–Crippen LogP) is 8.47. The number of hydrogen-bond donors (Lipinski definition) is 0. The fourth-order valence-electron chi connectivity index (χ4n) is 5.39. The molecule has 0 heteroatoms. The zero-order valence-corrected chi connectivity index (χ0v) is 19.4. The zero-order valence-electron chi connectivity index (χ0n) is 19.4. The van der Waals surface area contributed by atoms with E-state index < -0.39 is 0 Å². The van der Waals surface area contributed by atoms with Gasteiger partial charge in [-0.25, -0.2) is 0 Å². The summed E-state index contributed by atoms with van der Waals surface area (Å²) in [5.74, 6) is 0.923. The van der Waals surface area contributed by atoms with Gasteiger partial charge in [0.1, 0.15) is 0 Å². The van der Waals surface area contributed by atoms with Gasteiger partial charge in [0.2, 0.25) is 0 Å². The van der Waals surface area contributed by atoms with Crippen LogP contribution in [0.5, 0.6) is 0 Å². The third kappa shape index (κ3) is 3.21. The molecule has 2 aromatic rings. The molecule has 0 amide bonds. The Hall–Kier alpha value is -2.08. The van der Waals surface area contributed by atoms with Crippen molar-refractivity contribution in [3.05, 3.63) is 82.9 Å². The van der Waals surface area contributed by atoms with Crippen LogP contribution in [0.3, 0.4) is 0 Å². The Morgan fingerprint density at radius 2 is 0.862 bits per heavy atom. The van der Waals surface area contributed by atoms with Crippen molar-refractivity contribution in [2.24, 2.45) is 16.2 Å². The Labute approximate surface area is 177 Å². The number of fused-ring (bicyclic) bond motifs is 2. The molecule has 4 rings (SSSR count). The van der Waals surface area contributed by atoms with Crippen LogP contribution < -0.4 is 0 Å². The fraction of sp³-hybridized carbons (Fsp3) is 0.448. The zero-order chi connectivity index (χ0) is 21.2. The molecule has 29 heavy (non-hydrogen) atoms. The van der Waals surface area contributed by atoms with Crippen molar-refractivity contribution in [1.82, 2.24) is 0 Å². The van der Waals surface area contributed by atoms with Gasteiger partial charge < -0.3 is 0 Å². The number of benzene rings is 2. The van der Waals surface area contributed by atoms with E-state index in [0.717, 1.165) is 0 Å². The van der Waals surface area contributed by atoms with Crippen LogP contribution in [0.4, 0.5) is 0 Å². The minimum absolute atomic E-state index is 0.0355. The van der Waals surface area contributed by atoms with Crippen LogP contribution in [-0.4, -0.2) is 0 Å². The summed E-state index contributed by atoms with van der Waals surface area (Å²) in [5, 5.41) is 0. The molecule has 0 fully saturated rings. The van der Waals surface area contributed by atoms with Gasteiger partial charge in [-0.1, -0.05) is 116 Å². The monoisotopic (exact) mass is 384 g/mol. The van der Waals surface area contributed by atoms with Crippen molar-refractivity contribution in [2.75, 3.05) is 0 Å². The molecule has 0 nitrogen and oxygen atoms in total. The van der Waals surface area contributed by atoms with E-state index in [-0.39, 0.29) is 16.2 Å². The van der Waals surface area contributed by atoms with Crippen LogP contribution in [0.25, 0.3) is 11.1 Å². The molecule has 0 saturated heterocycles. The van der Waals surface area contributed by atoms with Crippen molar-refractivity contribution in [2.45, 2.75) is 67.2 Å². The average molecular weight is 385 g/mol. The Morgan fingerprint density at radius 1 is 0.517 bits per heavy atom. The van der Waals surface area contributed by atoms with Gasteiger partial charge in [-0.2, -0.15) is 0 Å².